The lowest BCUT2D eigenvalue weighted by molar-refractivity contribution is -0.219. The van der Waals surface area contributed by atoms with Gasteiger partial charge in [-0.05, 0) is 27.7 Å². The van der Waals surface area contributed by atoms with Crippen LogP contribution >= 0.6 is 0 Å². The van der Waals surface area contributed by atoms with E-state index in [1.165, 1.54) is 0 Å². The predicted molar refractivity (Wildman–Crippen MR) is 54.1 cm³/mol. The van der Waals surface area contributed by atoms with Crippen molar-refractivity contribution < 1.29 is 14.6 Å². The molecule has 3 nitrogen and oxygen atoms in total. The molecule has 82 valence electrons. The average molecular weight is 200 g/mol. The quantitative estimate of drug-likeness (QED) is 0.690. The van der Waals surface area contributed by atoms with E-state index in [1.54, 1.807) is 0 Å². The van der Waals surface area contributed by atoms with Gasteiger partial charge in [-0.3, -0.25) is 0 Å². The van der Waals surface area contributed by atoms with Gasteiger partial charge in [-0.15, -0.1) is 0 Å². The Balaban J connectivity index is 2.85. The van der Waals surface area contributed by atoms with Crippen LogP contribution in [0.3, 0.4) is 0 Å². The van der Waals surface area contributed by atoms with Crippen LogP contribution in [0.5, 0.6) is 0 Å². The fourth-order valence-corrected chi connectivity index (χ4v) is 2.77. The molecule has 1 aliphatic heterocycles. The third kappa shape index (κ3) is 2.79. The number of hydrogen-bond acceptors (Lipinski definition) is 3. The average Bonchev–Trinajstić information content (AvgIpc) is 1.75. The molecule has 0 aromatic rings. The molecule has 1 N–H and O–H groups in total. The highest BCUT2D eigenvalue weighted by Crippen LogP contribution is 2.41. The number of aliphatic hydroxyl groups is 1. The van der Waals surface area contributed by atoms with E-state index in [0.717, 1.165) is 6.29 Å². The molecule has 1 fully saturated rings. The van der Waals surface area contributed by atoms with E-state index < -0.39 is 5.60 Å². The predicted octanol–water partition coefficient (Wildman–Crippen LogP) is 1.67. The number of carbonyl (C=O) groups excluding carboxylic acids is 1. The SMILES string of the molecule is CC1(C)CC(O)(CC=O)CC(C)(C)O1. The van der Waals surface area contributed by atoms with E-state index in [-0.39, 0.29) is 17.6 Å². The number of hydrogen-bond donors (Lipinski definition) is 1. The maximum absolute atomic E-state index is 10.5. The van der Waals surface area contributed by atoms with Crippen LogP contribution in [0, 0.1) is 0 Å². The second-order valence-corrected chi connectivity index (χ2v) is 5.57. The van der Waals surface area contributed by atoms with Crippen LogP contribution in [0.4, 0.5) is 0 Å². The number of rotatable bonds is 2. The molecule has 14 heavy (non-hydrogen) atoms. The molecule has 0 unspecified atom stereocenters. The van der Waals surface area contributed by atoms with Crippen LogP contribution in [0.25, 0.3) is 0 Å². The molecule has 0 atom stereocenters. The summed E-state index contributed by atoms with van der Waals surface area (Å²) in [5, 5.41) is 10.2. The molecule has 0 bridgehead atoms. The molecule has 3 heteroatoms. The minimum atomic E-state index is -0.896. The Morgan fingerprint density at radius 1 is 1.21 bits per heavy atom. The molecule has 0 aliphatic carbocycles. The van der Waals surface area contributed by atoms with Gasteiger partial charge in [0.15, 0.2) is 0 Å². The van der Waals surface area contributed by atoms with Crippen LogP contribution in [-0.2, 0) is 9.53 Å². The first-order valence-corrected chi connectivity index (χ1v) is 5.04. The summed E-state index contributed by atoms with van der Waals surface area (Å²) in [6.07, 6.45) is 2.02. The summed E-state index contributed by atoms with van der Waals surface area (Å²) in [6.45, 7) is 7.79. The standard InChI is InChI=1S/C11H20O3/c1-9(2)7-11(13,5-6-12)8-10(3,4)14-9/h6,13H,5,7-8H2,1-4H3. The van der Waals surface area contributed by atoms with Crippen molar-refractivity contribution in [3.8, 4) is 0 Å². The van der Waals surface area contributed by atoms with Gasteiger partial charge in [0.1, 0.15) is 6.29 Å². The van der Waals surface area contributed by atoms with Crippen LogP contribution in [0.2, 0.25) is 0 Å². The maximum Gasteiger partial charge on any atom is 0.122 e. The largest absolute Gasteiger partial charge is 0.389 e. The van der Waals surface area contributed by atoms with E-state index >= 15 is 0 Å². The van der Waals surface area contributed by atoms with Crippen molar-refractivity contribution in [3.63, 3.8) is 0 Å². The Labute approximate surface area is 85.5 Å². The lowest BCUT2D eigenvalue weighted by atomic mass is 9.76. The zero-order chi connectivity index (χ0) is 11.0. The van der Waals surface area contributed by atoms with Crippen LogP contribution in [0.15, 0.2) is 0 Å². The van der Waals surface area contributed by atoms with Gasteiger partial charge in [-0.25, -0.2) is 0 Å². The van der Waals surface area contributed by atoms with Gasteiger partial charge < -0.3 is 14.6 Å². The first-order valence-electron chi connectivity index (χ1n) is 5.04. The molecule has 0 amide bonds. The van der Waals surface area contributed by atoms with E-state index in [4.69, 9.17) is 4.74 Å². The van der Waals surface area contributed by atoms with Crippen LogP contribution < -0.4 is 0 Å². The first kappa shape index (κ1) is 11.7. The summed E-state index contributed by atoms with van der Waals surface area (Å²) in [5.41, 5.74) is -1.62. The minimum Gasteiger partial charge on any atom is -0.389 e. The van der Waals surface area contributed by atoms with Crippen LogP contribution in [0.1, 0.15) is 47.0 Å². The van der Waals surface area contributed by atoms with Crippen molar-refractivity contribution >= 4 is 6.29 Å². The highest BCUT2D eigenvalue weighted by atomic mass is 16.5. The number of aldehydes is 1. The number of carbonyl (C=O) groups is 1. The third-order valence-corrected chi connectivity index (χ3v) is 2.53. The maximum atomic E-state index is 10.5. The lowest BCUT2D eigenvalue weighted by Gasteiger charge is -2.49. The van der Waals surface area contributed by atoms with Crippen molar-refractivity contribution in [2.75, 3.05) is 0 Å². The number of ether oxygens (including phenoxy) is 1. The van der Waals surface area contributed by atoms with Crippen molar-refractivity contribution in [2.24, 2.45) is 0 Å². The van der Waals surface area contributed by atoms with Crippen LogP contribution in [-0.4, -0.2) is 28.2 Å². The fourth-order valence-electron chi connectivity index (χ4n) is 2.77. The lowest BCUT2D eigenvalue weighted by Crippen LogP contribution is -2.54. The molecular formula is C11H20O3. The molecule has 0 spiro atoms. The Kier molecular flexibility index (Phi) is 2.76. The summed E-state index contributed by atoms with van der Waals surface area (Å²) in [7, 11) is 0. The fraction of sp³-hybridized carbons (Fsp3) is 0.909. The molecule has 0 aromatic heterocycles. The van der Waals surface area contributed by atoms with Gasteiger partial charge in [0, 0.05) is 19.3 Å². The van der Waals surface area contributed by atoms with Gasteiger partial charge in [-0.1, -0.05) is 0 Å². The Hall–Kier alpha value is -0.410. The molecule has 0 saturated carbocycles. The minimum absolute atomic E-state index is 0.198. The second-order valence-electron chi connectivity index (χ2n) is 5.57. The molecular weight excluding hydrogens is 180 g/mol. The van der Waals surface area contributed by atoms with Gasteiger partial charge in [0.2, 0.25) is 0 Å². The van der Waals surface area contributed by atoms with Gasteiger partial charge in [0.05, 0.1) is 16.8 Å². The first-order chi connectivity index (χ1) is 6.18. The van der Waals surface area contributed by atoms with E-state index in [2.05, 4.69) is 0 Å². The molecule has 1 aliphatic rings. The van der Waals surface area contributed by atoms with Crippen molar-refractivity contribution in [1.82, 2.24) is 0 Å². The smallest absolute Gasteiger partial charge is 0.122 e. The summed E-state index contributed by atoms with van der Waals surface area (Å²) >= 11 is 0. The molecule has 1 rings (SSSR count). The van der Waals surface area contributed by atoms with Gasteiger partial charge in [0.25, 0.3) is 0 Å². The topological polar surface area (TPSA) is 46.5 Å². The van der Waals surface area contributed by atoms with Crippen molar-refractivity contribution in [3.05, 3.63) is 0 Å². The zero-order valence-corrected chi connectivity index (χ0v) is 9.46. The van der Waals surface area contributed by atoms with E-state index in [9.17, 15) is 9.90 Å². The second kappa shape index (κ2) is 3.31. The van der Waals surface area contributed by atoms with Crippen molar-refractivity contribution in [2.45, 2.75) is 63.8 Å². The molecule has 0 aromatic carbocycles. The Bertz CT molecular complexity index is 215. The highest BCUT2D eigenvalue weighted by Gasteiger charge is 2.46. The van der Waals surface area contributed by atoms with E-state index in [0.29, 0.717) is 12.8 Å². The monoisotopic (exact) mass is 200 g/mol. The summed E-state index contributed by atoms with van der Waals surface area (Å²) in [4.78, 5) is 10.5. The van der Waals surface area contributed by atoms with Gasteiger partial charge in [-0.2, -0.15) is 0 Å². The molecule has 1 heterocycles. The molecule has 1 saturated heterocycles. The molecule has 0 radical (unpaired) electrons. The zero-order valence-electron chi connectivity index (χ0n) is 9.46. The summed E-state index contributed by atoms with van der Waals surface area (Å²) in [6, 6.07) is 0. The summed E-state index contributed by atoms with van der Waals surface area (Å²) < 4.78 is 5.83. The third-order valence-electron chi connectivity index (χ3n) is 2.53. The Morgan fingerprint density at radius 3 is 2.00 bits per heavy atom. The van der Waals surface area contributed by atoms with Crippen molar-refractivity contribution in [1.29, 1.82) is 0 Å². The van der Waals surface area contributed by atoms with E-state index in [1.807, 2.05) is 27.7 Å². The normalized spacial score (nSPS) is 28.4. The highest BCUT2D eigenvalue weighted by molar-refractivity contribution is 5.51. The summed E-state index contributed by atoms with van der Waals surface area (Å²) in [5.74, 6) is 0. The Morgan fingerprint density at radius 2 is 1.64 bits per heavy atom. The van der Waals surface area contributed by atoms with Gasteiger partial charge >= 0.3 is 0 Å².